The van der Waals surface area contributed by atoms with E-state index >= 15 is 0 Å². The topological polar surface area (TPSA) is 73.2 Å². The molecule has 4 aromatic carbocycles. The van der Waals surface area contributed by atoms with Gasteiger partial charge in [-0.3, -0.25) is 0 Å². The second-order valence-electron chi connectivity index (χ2n) is 9.14. The fraction of sp³-hybridized carbons (Fsp3) is 0.200. The van der Waals surface area contributed by atoms with Crippen LogP contribution < -0.4 is 9.64 Å². The maximum atomic E-state index is 10.6. The first-order valence-corrected chi connectivity index (χ1v) is 11.5. The number of aromatic hydroxyl groups is 3. The maximum Gasteiger partial charge on any atom is 0.134 e. The van der Waals surface area contributed by atoms with Crippen molar-refractivity contribution in [3.63, 3.8) is 0 Å². The van der Waals surface area contributed by atoms with Gasteiger partial charge in [-0.2, -0.15) is 0 Å². The van der Waals surface area contributed by atoms with Gasteiger partial charge in [0.15, 0.2) is 0 Å². The van der Waals surface area contributed by atoms with Crippen molar-refractivity contribution in [2.75, 3.05) is 4.90 Å². The molecule has 0 saturated heterocycles. The van der Waals surface area contributed by atoms with Crippen LogP contribution in [0, 0.1) is 41.5 Å². The summed E-state index contributed by atoms with van der Waals surface area (Å²) in [6.45, 7) is 11.3. The molecule has 0 aromatic heterocycles. The molecule has 0 fully saturated rings. The Morgan fingerprint density at radius 3 is 1.63 bits per heavy atom. The molecule has 0 heterocycles. The summed E-state index contributed by atoms with van der Waals surface area (Å²) < 4.78 is 6.06. The first-order chi connectivity index (χ1) is 16.6. The Balaban J connectivity index is 1.82. The predicted octanol–water partition coefficient (Wildman–Crippen LogP) is 7.92. The van der Waals surface area contributed by atoms with Crippen molar-refractivity contribution in [3.8, 4) is 28.7 Å². The number of aryl methyl sites for hydroxylation is 3. The van der Waals surface area contributed by atoms with E-state index in [4.69, 9.17) is 4.74 Å². The monoisotopic (exact) mass is 469 g/mol. The molecular weight excluding hydrogens is 438 g/mol. The van der Waals surface area contributed by atoms with Gasteiger partial charge in [0.25, 0.3) is 0 Å². The molecule has 0 saturated carbocycles. The van der Waals surface area contributed by atoms with Gasteiger partial charge >= 0.3 is 0 Å². The number of phenolic OH excluding ortho intramolecular Hbond substituents is 3. The normalized spacial score (nSPS) is 10.9. The van der Waals surface area contributed by atoms with Crippen LogP contribution in [0.2, 0.25) is 0 Å². The zero-order valence-electron chi connectivity index (χ0n) is 21.0. The summed E-state index contributed by atoms with van der Waals surface area (Å²) >= 11 is 0. The van der Waals surface area contributed by atoms with Crippen molar-refractivity contribution in [1.82, 2.24) is 0 Å². The Kier molecular flexibility index (Phi) is 6.35. The predicted molar refractivity (Wildman–Crippen MR) is 141 cm³/mol. The van der Waals surface area contributed by atoms with E-state index in [1.54, 1.807) is 12.1 Å². The number of nitrogens with zero attached hydrogens (tertiary/aromatic N) is 1. The minimum atomic E-state index is 0.217. The maximum absolute atomic E-state index is 10.6. The third-order valence-corrected chi connectivity index (χ3v) is 6.38. The second-order valence-corrected chi connectivity index (χ2v) is 9.14. The fourth-order valence-electron chi connectivity index (χ4n) is 4.23. The van der Waals surface area contributed by atoms with E-state index in [9.17, 15) is 15.3 Å². The number of ether oxygens (including phenoxy) is 1. The van der Waals surface area contributed by atoms with Gasteiger partial charge in [-0.25, -0.2) is 0 Å². The van der Waals surface area contributed by atoms with E-state index in [1.807, 2.05) is 95.0 Å². The van der Waals surface area contributed by atoms with Gasteiger partial charge < -0.3 is 25.0 Å². The van der Waals surface area contributed by atoms with Gasteiger partial charge in [-0.05, 0) is 113 Å². The zero-order chi connectivity index (χ0) is 25.4. The number of anilines is 3. The summed E-state index contributed by atoms with van der Waals surface area (Å²) in [7, 11) is 0. The quantitative estimate of drug-likeness (QED) is 0.277. The van der Waals surface area contributed by atoms with Crippen molar-refractivity contribution in [1.29, 1.82) is 0 Å². The molecule has 3 N–H and O–H groups in total. The summed E-state index contributed by atoms with van der Waals surface area (Å²) in [5, 5.41) is 31.4. The lowest BCUT2D eigenvalue weighted by molar-refractivity contribution is 0.445. The molecule has 4 aromatic rings. The molecule has 0 aliphatic heterocycles. The van der Waals surface area contributed by atoms with Crippen molar-refractivity contribution in [2.24, 2.45) is 0 Å². The van der Waals surface area contributed by atoms with Gasteiger partial charge in [0.2, 0.25) is 0 Å². The highest BCUT2D eigenvalue weighted by Gasteiger charge is 2.21. The summed E-state index contributed by atoms with van der Waals surface area (Å²) in [5.41, 5.74) is 7.31. The molecule has 0 spiro atoms. The minimum absolute atomic E-state index is 0.217. The number of hydrogen-bond donors (Lipinski definition) is 3. The van der Waals surface area contributed by atoms with Gasteiger partial charge in [0.05, 0.1) is 11.4 Å². The SMILES string of the molecule is Cc1cc(O)c(C)c(N(c2ccc(Oc3ccc(C)c(O)c3C)cc2)c2cc(C)cc(O)c2C)c1. The van der Waals surface area contributed by atoms with Crippen LogP contribution in [-0.2, 0) is 0 Å². The second kappa shape index (κ2) is 9.26. The van der Waals surface area contributed by atoms with Crippen LogP contribution in [0.15, 0.2) is 60.7 Å². The van der Waals surface area contributed by atoms with E-state index in [1.165, 1.54) is 0 Å². The molecule has 4 rings (SSSR count). The van der Waals surface area contributed by atoms with Gasteiger partial charge in [0.1, 0.15) is 28.7 Å². The molecule has 0 radical (unpaired) electrons. The first-order valence-electron chi connectivity index (χ1n) is 11.5. The average Bonchev–Trinajstić information content (AvgIpc) is 2.81. The van der Waals surface area contributed by atoms with Crippen molar-refractivity contribution in [3.05, 3.63) is 94.0 Å². The highest BCUT2D eigenvalue weighted by atomic mass is 16.5. The summed E-state index contributed by atoms with van der Waals surface area (Å²) in [6.07, 6.45) is 0. The van der Waals surface area contributed by atoms with Crippen LogP contribution >= 0.6 is 0 Å². The van der Waals surface area contributed by atoms with E-state index in [0.717, 1.165) is 44.9 Å². The first kappa shape index (κ1) is 24.0. The van der Waals surface area contributed by atoms with Crippen LogP contribution in [0.3, 0.4) is 0 Å². The van der Waals surface area contributed by atoms with Crippen LogP contribution in [0.5, 0.6) is 28.7 Å². The Labute approximate surface area is 206 Å². The Hall–Kier alpha value is -4.12. The number of hydrogen-bond acceptors (Lipinski definition) is 5. The fourth-order valence-corrected chi connectivity index (χ4v) is 4.23. The van der Waals surface area contributed by atoms with Crippen LogP contribution in [0.25, 0.3) is 0 Å². The highest BCUT2D eigenvalue weighted by molar-refractivity contribution is 5.83. The molecule has 5 nitrogen and oxygen atoms in total. The van der Waals surface area contributed by atoms with E-state index in [0.29, 0.717) is 17.1 Å². The molecule has 5 heteroatoms. The average molecular weight is 470 g/mol. The van der Waals surface area contributed by atoms with E-state index in [2.05, 4.69) is 0 Å². The molecule has 180 valence electrons. The summed E-state index contributed by atoms with van der Waals surface area (Å²) in [6, 6.07) is 18.8. The zero-order valence-corrected chi connectivity index (χ0v) is 21.0. The van der Waals surface area contributed by atoms with Crippen molar-refractivity contribution >= 4 is 17.1 Å². The lowest BCUT2D eigenvalue weighted by Crippen LogP contribution is -2.13. The molecule has 0 unspecified atom stereocenters. The number of phenols is 3. The Morgan fingerprint density at radius 1 is 0.600 bits per heavy atom. The highest BCUT2D eigenvalue weighted by Crippen LogP contribution is 2.44. The van der Waals surface area contributed by atoms with Crippen molar-refractivity contribution in [2.45, 2.75) is 41.5 Å². The Bertz CT molecular complexity index is 1350. The molecule has 0 aliphatic rings. The molecule has 35 heavy (non-hydrogen) atoms. The number of benzene rings is 4. The lowest BCUT2D eigenvalue weighted by Gasteiger charge is -2.30. The Morgan fingerprint density at radius 2 is 1.11 bits per heavy atom. The van der Waals surface area contributed by atoms with Crippen LogP contribution in [0.4, 0.5) is 17.1 Å². The summed E-state index contributed by atoms with van der Waals surface area (Å²) in [4.78, 5) is 2.04. The minimum Gasteiger partial charge on any atom is -0.508 e. The van der Waals surface area contributed by atoms with E-state index < -0.39 is 0 Å². The van der Waals surface area contributed by atoms with Gasteiger partial charge in [-0.15, -0.1) is 0 Å². The third-order valence-electron chi connectivity index (χ3n) is 6.38. The third kappa shape index (κ3) is 4.62. The van der Waals surface area contributed by atoms with Gasteiger partial charge in [0, 0.05) is 22.4 Å². The van der Waals surface area contributed by atoms with E-state index in [-0.39, 0.29) is 17.2 Å². The van der Waals surface area contributed by atoms with Crippen LogP contribution in [-0.4, -0.2) is 15.3 Å². The molecule has 0 atom stereocenters. The number of rotatable bonds is 5. The van der Waals surface area contributed by atoms with Gasteiger partial charge in [-0.1, -0.05) is 6.07 Å². The lowest BCUT2D eigenvalue weighted by atomic mass is 10.0. The van der Waals surface area contributed by atoms with Crippen LogP contribution in [0.1, 0.15) is 33.4 Å². The van der Waals surface area contributed by atoms with Crippen molar-refractivity contribution < 1.29 is 20.1 Å². The molecule has 0 amide bonds. The standard InChI is InChI=1S/C30H31NO4/c1-17-13-25(20(4)27(32)15-17)31(26-14-18(2)16-28(33)21(26)5)23-8-10-24(11-9-23)35-29-12-7-19(3)30(34)22(29)6/h7-16,32-34H,1-6H3. The summed E-state index contributed by atoms with van der Waals surface area (Å²) in [5.74, 6) is 1.89. The molecule has 0 bridgehead atoms. The smallest absolute Gasteiger partial charge is 0.134 e. The molecule has 0 aliphatic carbocycles. The largest absolute Gasteiger partial charge is 0.508 e. The molecular formula is C30H31NO4.